The molecule has 4 rings (SSSR count). The minimum Gasteiger partial charge on any atom is -0.490 e. The van der Waals surface area contributed by atoms with Gasteiger partial charge in [0, 0.05) is 13.1 Å². The van der Waals surface area contributed by atoms with Crippen LogP contribution in [-0.2, 0) is 17.6 Å². The Kier molecular flexibility index (Phi) is 21.7. The van der Waals surface area contributed by atoms with Crippen LogP contribution in [0.3, 0.4) is 0 Å². The molecular weight excluding hydrogens is 643 g/mol. The molecule has 0 atom stereocenters. The van der Waals surface area contributed by atoms with Crippen molar-refractivity contribution in [2.24, 2.45) is 11.7 Å². The molecule has 0 spiro atoms. The summed E-state index contributed by atoms with van der Waals surface area (Å²) in [6.07, 6.45) is 1.15. The molecule has 0 bridgehead atoms. The van der Waals surface area contributed by atoms with Crippen LogP contribution in [0.2, 0.25) is 0 Å². The topological polar surface area (TPSA) is 97.8 Å². The Morgan fingerprint density at radius 2 is 1.56 bits per heavy atom. The van der Waals surface area contributed by atoms with Gasteiger partial charge in [-0.25, -0.2) is 4.79 Å². The number of carbonyl (C=O) groups is 1. The SMILES string of the molecule is CC.CC.CCC(CC)CCOc1ccccc1OCC(F)(F)F.N#Cc1cc(CCN)cc2c1N(CCCOC(=O)c1ccccc1)CC2. The molecule has 0 aromatic heterocycles. The summed E-state index contributed by atoms with van der Waals surface area (Å²) >= 11 is 0. The van der Waals surface area contributed by atoms with Gasteiger partial charge in [-0.05, 0) is 79.6 Å². The van der Waals surface area contributed by atoms with Crippen molar-refractivity contribution in [3.05, 3.63) is 89.0 Å². The molecule has 50 heavy (non-hydrogen) atoms. The molecule has 1 aliphatic heterocycles. The summed E-state index contributed by atoms with van der Waals surface area (Å²) in [5, 5.41) is 9.51. The number of ether oxygens (including phenoxy) is 3. The minimum atomic E-state index is -4.34. The predicted octanol–water partition coefficient (Wildman–Crippen LogP) is 9.55. The summed E-state index contributed by atoms with van der Waals surface area (Å²) in [7, 11) is 0. The van der Waals surface area contributed by atoms with E-state index in [2.05, 4.69) is 30.9 Å². The predicted molar refractivity (Wildman–Crippen MR) is 196 cm³/mol. The highest BCUT2D eigenvalue weighted by Gasteiger charge is 2.29. The molecule has 276 valence electrons. The standard InChI is InChI=1S/C21H23N3O2.C15H21F3O2.2C2H6/c22-9-7-16-13-18-8-11-24(20(18)19(14-16)15-23)10-4-12-26-21(25)17-5-2-1-3-6-17;1-3-12(4-2)9-10-19-13-7-5-6-8-14(13)20-11-15(16,17)18;2*1-2/h1-3,5-6,13-14H,4,7-12,22H2;5-8,12H,3-4,9-11H2,1-2H3;2*1-2H3. The minimum absolute atomic E-state index is 0.134. The first kappa shape index (κ1) is 43.8. The number of rotatable bonds is 15. The van der Waals surface area contributed by atoms with Crippen molar-refractivity contribution in [2.75, 3.05) is 44.4 Å². The van der Waals surface area contributed by atoms with Crippen molar-refractivity contribution in [1.29, 1.82) is 5.26 Å². The Bertz CT molecular complexity index is 1410. The highest BCUT2D eigenvalue weighted by molar-refractivity contribution is 5.89. The lowest BCUT2D eigenvalue weighted by atomic mass is 10.0. The monoisotopic (exact) mass is 699 g/mol. The van der Waals surface area contributed by atoms with Gasteiger partial charge in [0.05, 0.1) is 30.0 Å². The van der Waals surface area contributed by atoms with Gasteiger partial charge in [-0.3, -0.25) is 0 Å². The van der Waals surface area contributed by atoms with E-state index in [9.17, 15) is 23.2 Å². The second-order valence-electron chi connectivity index (χ2n) is 11.1. The third kappa shape index (κ3) is 15.5. The fraction of sp³-hybridized carbons (Fsp3) is 0.500. The number of anilines is 1. The summed E-state index contributed by atoms with van der Waals surface area (Å²) in [5.74, 6) is 0.784. The maximum absolute atomic E-state index is 12.2. The van der Waals surface area contributed by atoms with Crippen LogP contribution in [-0.4, -0.2) is 51.6 Å². The molecule has 1 heterocycles. The smallest absolute Gasteiger partial charge is 0.422 e. The van der Waals surface area contributed by atoms with Crippen molar-refractivity contribution in [3.63, 3.8) is 0 Å². The van der Waals surface area contributed by atoms with Crippen molar-refractivity contribution in [1.82, 2.24) is 0 Å². The molecular formula is C40H56F3N3O4. The lowest BCUT2D eigenvalue weighted by Gasteiger charge is -2.20. The molecule has 1 aliphatic rings. The van der Waals surface area contributed by atoms with Crippen molar-refractivity contribution >= 4 is 11.7 Å². The molecule has 0 saturated carbocycles. The molecule has 0 fully saturated rings. The molecule has 0 radical (unpaired) electrons. The first-order valence-electron chi connectivity index (χ1n) is 17.8. The zero-order valence-electron chi connectivity index (χ0n) is 30.7. The van der Waals surface area contributed by atoms with Gasteiger partial charge in [0.1, 0.15) is 6.07 Å². The number of alkyl halides is 3. The van der Waals surface area contributed by atoms with Crippen LogP contribution in [0.25, 0.3) is 0 Å². The van der Waals surface area contributed by atoms with Gasteiger partial charge in [-0.2, -0.15) is 18.4 Å². The number of fused-ring (bicyclic) bond motifs is 1. The molecule has 0 saturated heterocycles. The van der Waals surface area contributed by atoms with Crippen LogP contribution in [0.1, 0.15) is 94.3 Å². The molecule has 3 aromatic rings. The Labute approximate surface area is 297 Å². The second-order valence-corrected chi connectivity index (χ2v) is 11.1. The quantitative estimate of drug-likeness (QED) is 0.125. The normalized spacial score (nSPS) is 11.4. The second kappa shape index (κ2) is 24.8. The van der Waals surface area contributed by atoms with E-state index >= 15 is 0 Å². The summed E-state index contributed by atoms with van der Waals surface area (Å²) < 4.78 is 52.1. The highest BCUT2D eigenvalue weighted by Crippen LogP contribution is 2.33. The molecule has 2 N–H and O–H groups in total. The average Bonchev–Trinajstić information content (AvgIpc) is 3.56. The van der Waals surface area contributed by atoms with E-state index in [1.807, 2.05) is 52.0 Å². The Morgan fingerprint density at radius 1 is 0.940 bits per heavy atom. The van der Waals surface area contributed by atoms with Gasteiger partial charge in [-0.1, -0.05) is 90.8 Å². The third-order valence-corrected chi connectivity index (χ3v) is 7.76. The van der Waals surface area contributed by atoms with E-state index in [0.717, 1.165) is 62.9 Å². The molecule has 3 aromatic carbocycles. The maximum atomic E-state index is 12.2. The van der Waals surface area contributed by atoms with Crippen LogP contribution in [0.5, 0.6) is 11.5 Å². The number of nitrogens with zero attached hydrogens (tertiary/aromatic N) is 2. The van der Waals surface area contributed by atoms with Gasteiger partial charge < -0.3 is 24.8 Å². The van der Waals surface area contributed by atoms with E-state index in [1.165, 1.54) is 11.6 Å². The van der Waals surface area contributed by atoms with E-state index in [1.54, 1.807) is 30.3 Å². The molecule has 0 aliphatic carbocycles. The molecule has 7 nitrogen and oxygen atoms in total. The number of carbonyl (C=O) groups excluding carboxylic acids is 1. The van der Waals surface area contributed by atoms with Gasteiger partial charge in [0.15, 0.2) is 18.1 Å². The summed E-state index contributed by atoms with van der Waals surface area (Å²) in [5.41, 5.74) is 10.3. The van der Waals surface area contributed by atoms with Crippen molar-refractivity contribution < 1.29 is 32.2 Å². The number of nitriles is 1. The van der Waals surface area contributed by atoms with Crippen LogP contribution in [0.4, 0.5) is 18.9 Å². The first-order valence-corrected chi connectivity index (χ1v) is 17.8. The fourth-order valence-electron chi connectivity index (χ4n) is 5.27. The Morgan fingerprint density at radius 3 is 2.14 bits per heavy atom. The number of hydrogen-bond acceptors (Lipinski definition) is 7. The Hall–Kier alpha value is -4.23. The average molecular weight is 700 g/mol. The van der Waals surface area contributed by atoms with Crippen LogP contribution in [0, 0.1) is 17.2 Å². The molecule has 10 heteroatoms. The maximum Gasteiger partial charge on any atom is 0.422 e. The van der Waals surface area contributed by atoms with Gasteiger partial charge in [0.2, 0.25) is 0 Å². The van der Waals surface area contributed by atoms with E-state index in [4.69, 9.17) is 19.9 Å². The largest absolute Gasteiger partial charge is 0.490 e. The number of benzene rings is 3. The number of hydrogen-bond donors (Lipinski definition) is 1. The third-order valence-electron chi connectivity index (χ3n) is 7.76. The van der Waals surface area contributed by atoms with Gasteiger partial charge in [0.25, 0.3) is 0 Å². The zero-order valence-corrected chi connectivity index (χ0v) is 30.7. The summed E-state index contributed by atoms with van der Waals surface area (Å²) in [4.78, 5) is 14.2. The molecule has 0 amide bonds. The number of halogens is 3. The zero-order chi connectivity index (χ0) is 37.4. The van der Waals surface area contributed by atoms with Crippen LogP contribution >= 0.6 is 0 Å². The molecule has 0 unspecified atom stereocenters. The summed E-state index contributed by atoms with van der Waals surface area (Å²) in [6.45, 7) is 14.0. The lowest BCUT2D eigenvalue weighted by Crippen LogP contribution is -2.24. The number of nitrogens with two attached hydrogens (primary N) is 1. The fourth-order valence-corrected chi connectivity index (χ4v) is 5.27. The van der Waals surface area contributed by atoms with E-state index in [-0.39, 0.29) is 11.7 Å². The van der Waals surface area contributed by atoms with Crippen LogP contribution in [0.15, 0.2) is 66.7 Å². The van der Waals surface area contributed by atoms with Gasteiger partial charge >= 0.3 is 12.1 Å². The van der Waals surface area contributed by atoms with Crippen molar-refractivity contribution in [3.8, 4) is 17.6 Å². The van der Waals surface area contributed by atoms with E-state index in [0.29, 0.717) is 42.6 Å². The van der Waals surface area contributed by atoms with Crippen molar-refractivity contribution in [2.45, 2.75) is 86.2 Å². The number of esters is 1. The number of para-hydroxylation sites is 2. The Balaban J connectivity index is 0.000000469. The highest BCUT2D eigenvalue weighted by atomic mass is 19.4. The van der Waals surface area contributed by atoms with Crippen LogP contribution < -0.4 is 20.1 Å². The summed E-state index contributed by atoms with van der Waals surface area (Å²) in [6, 6.07) is 21.9. The first-order chi connectivity index (χ1) is 24.2. The van der Waals surface area contributed by atoms with E-state index < -0.39 is 12.8 Å². The lowest BCUT2D eigenvalue weighted by molar-refractivity contribution is -0.153. The van der Waals surface area contributed by atoms with Gasteiger partial charge in [-0.15, -0.1) is 0 Å².